The highest BCUT2D eigenvalue weighted by atomic mass is 16.5. The van der Waals surface area contributed by atoms with Crippen molar-refractivity contribution in [2.45, 2.75) is 0 Å². The molecule has 0 saturated heterocycles. The Kier molecular flexibility index (Phi) is 6.03. The molecule has 3 rings (SSSR count). The van der Waals surface area contributed by atoms with E-state index in [0.717, 1.165) is 0 Å². The molecule has 0 aliphatic rings. The second-order valence-corrected chi connectivity index (χ2v) is 5.92. The molecule has 0 atom stereocenters. The molecule has 0 radical (unpaired) electrons. The molecule has 0 bridgehead atoms. The largest absolute Gasteiger partial charge is 0.496 e. The Morgan fingerprint density at radius 1 is 0.724 bits per heavy atom. The van der Waals surface area contributed by atoms with Crippen LogP contribution in [0.15, 0.2) is 60.9 Å². The first kappa shape index (κ1) is 19.8. The van der Waals surface area contributed by atoms with Crippen molar-refractivity contribution in [3.05, 3.63) is 72.1 Å². The number of rotatable bonds is 6. The fourth-order valence-corrected chi connectivity index (χ4v) is 2.84. The van der Waals surface area contributed by atoms with E-state index >= 15 is 0 Å². The molecule has 8 nitrogen and oxygen atoms in total. The number of methoxy groups -OCH3 is 3. The van der Waals surface area contributed by atoms with Gasteiger partial charge in [0.1, 0.15) is 5.75 Å². The summed E-state index contributed by atoms with van der Waals surface area (Å²) in [6.07, 6.45) is 3.67. The minimum atomic E-state index is -0.561. The summed E-state index contributed by atoms with van der Waals surface area (Å²) in [4.78, 5) is 25.3. The van der Waals surface area contributed by atoms with Crippen LogP contribution < -0.4 is 25.1 Å². The molecule has 29 heavy (non-hydrogen) atoms. The minimum absolute atomic E-state index is 0.184. The number of nitrogens with one attached hydrogen (secondary N) is 2. The molecule has 150 valence electrons. The molecule has 2 amide bonds. The Hall–Kier alpha value is -3.94. The minimum Gasteiger partial charge on any atom is -0.496 e. The van der Waals surface area contributed by atoms with E-state index in [-0.39, 0.29) is 11.3 Å². The number of hydrogen-bond donors (Lipinski definition) is 2. The van der Waals surface area contributed by atoms with E-state index in [1.807, 2.05) is 41.2 Å². The molecule has 0 fully saturated rings. The summed E-state index contributed by atoms with van der Waals surface area (Å²) in [5.41, 5.74) is 6.12. The average molecular weight is 395 g/mol. The van der Waals surface area contributed by atoms with Gasteiger partial charge in [0.05, 0.1) is 38.1 Å². The Labute approximate surface area is 168 Å². The highest BCUT2D eigenvalue weighted by molar-refractivity contribution is 6.02. The first-order chi connectivity index (χ1) is 14.1. The standard InChI is InChI=1S/C21H21N3O5/c1-27-17-13-19(29-3)18(28-2)12-15(17)21(26)23-22-20(25)14-8-4-5-9-16(14)24-10-6-7-11-24/h4-13H,1-3H3,(H,22,25)(H,23,26). The lowest BCUT2D eigenvalue weighted by Gasteiger charge is -2.15. The van der Waals surface area contributed by atoms with Crippen molar-refractivity contribution < 1.29 is 23.8 Å². The van der Waals surface area contributed by atoms with Gasteiger partial charge in [0.15, 0.2) is 11.5 Å². The van der Waals surface area contributed by atoms with Crippen LogP contribution in [0.25, 0.3) is 5.69 Å². The topological polar surface area (TPSA) is 90.8 Å². The van der Waals surface area contributed by atoms with E-state index < -0.39 is 11.8 Å². The molecular formula is C21H21N3O5. The lowest BCUT2D eigenvalue weighted by molar-refractivity contribution is 0.0844. The smallest absolute Gasteiger partial charge is 0.273 e. The first-order valence-corrected chi connectivity index (χ1v) is 8.72. The van der Waals surface area contributed by atoms with Gasteiger partial charge in [-0.05, 0) is 24.3 Å². The fourth-order valence-electron chi connectivity index (χ4n) is 2.84. The van der Waals surface area contributed by atoms with Gasteiger partial charge < -0.3 is 18.8 Å². The van der Waals surface area contributed by atoms with Crippen LogP contribution in [-0.4, -0.2) is 37.7 Å². The van der Waals surface area contributed by atoms with E-state index in [1.165, 1.54) is 33.5 Å². The quantitative estimate of drug-likeness (QED) is 0.626. The van der Waals surface area contributed by atoms with Gasteiger partial charge in [0.25, 0.3) is 11.8 Å². The van der Waals surface area contributed by atoms with E-state index in [0.29, 0.717) is 22.7 Å². The molecule has 0 aliphatic carbocycles. The third-order valence-electron chi connectivity index (χ3n) is 4.27. The van der Waals surface area contributed by atoms with Crippen LogP contribution in [-0.2, 0) is 0 Å². The number of para-hydroxylation sites is 1. The molecule has 0 aliphatic heterocycles. The third-order valence-corrected chi connectivity index (χ3v) is 4.27. The van der Waals surface area contributed by atoms with Gasteiger partial charge in [-0.25, -0.2) is 0 Å². The fraction of sp³-hybridized carbons (Fsp3) is 0.143. The van der Waals surface area contributed by atoms with Crippen molar-refractivity contribution in [2.24, 2.45) is 0 Å². The Bertz CT molecular complexity index is 1020. The SMILES string of the molecule is COc1cc(OC)c(C(=O)NNC(=O)c2ccccc2-n2cccc2)cc1OC. The van der Waals surface area contributed by atoms with Crippen molar-refractivity contribution in [3.8, 4) is 22.9 Å². The number of nitrogens with zero attached hydrogens (tertiary/aromatic N) is 1. The van der Waals surface area contributed by atoms with Gasteiger partial charge in [-0.15, -0.1) is 0 Å². The maximum absolute atomic E-state index is 12.7. The van der Waals surface area contributed by atoms with Crippen LogP contribution in [0.4, 0.5) is 0 Å². The predicted molar refractivity (Wildman–Crippen MR) is 107 cm³/mol. The van der Waals surface area contributed by atoms with Crippen LogP contribution in [0.2, 0.25) is 0 Å². The highest BCUT2D eigenvalue weighted by Gasteiger charge is 2.19. The van der Waals surface area contributed by atoms with Crippen molar-refractivity contribution >= 4 is 11.8 Å². The molecule has 0 saturated carbocycles. The van der Waals surface area contributed by atoms with E-state index in [9.17, 15) is 9.59 Å². The maximum atomic E-state index is 12.7. The van der Waals surface area contributed by atoms with Gasteiger partial charge in [-0.1, -0.05) is 12.1 Å². The van der Waals surface area contributed by atoms with Crippen molar-refractivity contribution in [3.63, 3.8) is 0 Å². The number of aromatic nitrogens is 1. The van der Waals surface area contributed by atoms with Gasteiger partial charge in [-0.2, -0.15) is 0 Å². The van der Waals surface area contributed by atoms with Crippen LogP contribution >= 0.6 is 0 Å². The van der Waals surface area contributed by atoms with Crippen LogP contribution in [0.5, 0.6) is 17.2 Å². The molecule has 3 aromatic rings. The second-order valence-electron chi connectivity index (χ2n) is 5.92. The lowest BCUT2D eigenvalue weighted by Crippen LogP contribution is -2.42. The zero-order valence-corrected chi connectivity index (χ0v) is 16.3. The van der Waals surface area contributed by atoms with Gasteiger partial charge >= 0.3 is 0 Å². The summed E-state index contributed by atoms with van der Waals surface area (Å²) < 4.78 is 17.5. The highest BCUT2D eigenvalue weighted by Crippen LogP contribution is 2.34. The normalized spacial score (nSPS) is 10.2. The number of hydrazine groups is 1. The first-order valence-electron chi connectivity index (χ1n) is 8.72. The molecule has 1 aromatic heterocycles. The van der Waals surface area contributed by atoms with E-state index in [1.54, 1.807) is 12.1 Å². The molecule has 0 spiro atoms. The zero-order valence-electron chi connectivity index (χ0n) is 16.3. The van der Waals surface area contributed by atoms with Crippen molar-refractivity contribution in [1.82, 2.24) is 15.4 Å². The third kappa shape index (κ3) is 4.16. The summed E-state index contributed by atoms with van der Waals surface area (Å²) in [5, 5.41) is 0. The molecular weight excluding hydrogens is 374 g/mol. The molecule has 2 aromatic carbocycles. The molecule has 0 unspecified atom stereocenters. The number of ether oxygens (including phenoxy) is 3. The maximum Gasteiger partial charge on any atom is 0.273 e. The Morgan fingerprint density at radius 3 is 1.90 bits per heavy atom. The molecule has 8 heteroatoms. The van der Waals surface area contributed by atoms with Crippen LogP contribution in [0, 0.1) is 0 Å². The van der Waals surface area contributed by atoms with E-state index in [4.69, 9.17) is 14.2 Å². The van der Waals surface area contributed by atoms with Gasteiger partial charge in [-0.3, -0.25) is 20.4 Å². The number of amides is 2. The summed E-state index contributed by atoms with van der Waals surface area (Å²) in [5.74, 6) is 0.0483. The number of carbonyl (C=O) groups is 2. The summed E-state index contributed by atoms with van der Waals surface area (Å²) in [6.45, 7) is 0. The molecule has 1 heterocycles. The van der Waals surface area contributed by atoms with Gasteiger partial charge in [0, 0.05) is 24.5 Å². The average Bonchev–Trinajstić information content (AvgIpc) is 3.31. The van der Waals surface area contributed by atoms with Gasteiger partial charge in [0.2, 0.25) is 0 Å². The Balaban J connectivity index is 1.79. The molecule has 2 N–H and O–H groups in total. The Morgan fingerprint density at radius 2 is 1.28 bits per heavy atom. The predicted octanol–water partition coefficient (Wildman–Crippen LogP) is 2.58. The zero-order chi connectivity index (χ0) is 20.8. The monoisotopic (exact) mass is 395 g/mol. The number of benzene rings is 2. The van der Waals surface area contributed by atoms with E-state index in [2.05, 4.69) is 10.9 Å². The van der Waals surface area contributed by atoms with Crippen molar-refractivity contribution in [1.29, 1.82) is 0 Å². The summed E-state index contributed by atoms with van der Waals surface area (Å²) in [7, 11) is 4.38. The van der Waals surface area contributed by atoms with Crippen LogP contribution in [0.3, 0.4) is 0 Å². The lowest BCUT2D eigenvalue weighted by atomic mass is 10.1. The van der Waals surface area contributed by atoms with Crippen molar-refractivity contribution in [2.75, 3.05) is 21.3 Å². The van der Waals surface area contributed by atoms with Crippen LogP contribution in [0.1, 0.15) is 20.7 Å². The number of carbonyl (C=O) groups excluding carboxylic acids is 2. The second kappa shape index (κ2) is 8.83. The number of hydrogen-bond acceptors (Lipinski definition) is 5. The summed E-state index contributed by atoms with van der Waals surface area (Å²) in [6, 6.07) is 13.8. The summed E-state index contributed by atoms with van der Waals surface area (Å²) >= 11 is 0.